The van der Waals surface area contributed by atoms with Gasteiger partial charge >= 0.3 is 6.18 Å². The van der Waals surface area contributed by atoms with E-state index >= 15 is 0 Å². The number of pyridine rings is 1. The molecular formula is C20H19F3N6O2S. The summed E-state index contributed by atoms with van der Waals surface area (Å²) in [5.74, 6) is 0.0603. The molecule has 4 aromatic rings. The minimum atomic E-state index is -4.53. The van der Waals surface area contributed by atoms with Crippen molar-refractivity contribution >= 4 is 26.6 Å². The predicted octanol–water partition coefficient (Wildman–Crippen LogP) is 3.56. The van der Waals surface area contributed by atoms with Gasteiger partial charge in [0.2, 0.25) is 0 Å². The first-order valence-corrected chi connectivity index (χ1v) is 11.0. The Labute approximate surface area is 182 Å². The van der Waals surface area contributed by atoms with Crippen molar-refractivity contribution in [2.24, 2.45) is 7.05 Å². The highest BCUT2D eigenvalue weighted by molar-refractivity contribution is 7.92. The smallest absolute Gasteiger partial charge is 0.267 e. The Morgan fingerprint density at radius 3 is 2.41 bits per heavy atom. The van der Waals surface area contributed by atoms with Gasteiger partial charge in [0.25, 0.3) is 10.0 Å². The molecule has 0 aliphatic rings. The zero-order valence-electron chi connectivity index (χ0n) is 17.4. The van der Waals surface area contributed by atoms with Crippen LogP contribution in [-0.4, -0.2) is 40.0 Å². The van der Waals surface area contributed by atoms with Gasteiger partial charge in [0.15, 0.2) is 5.82 Å². The highest BCUT2D eigenvalue weighted by Gasteiger charge is 2.32. The molecule has 0 spiro atoms. The maximum absolute atomic E-state index is 13.3. The molecule has 168 valence electrons. The van der Waals surface area contributed by atoms with E-state index in [0.29, 0.717) is 23.8 Å². The van der Waals surface area contributed by atoms with Crippen LogP contribution in [0.1, 0.15) is 18.1 Å². The fraction of sp³-hybridized carbons (Fsp3) is 0.250. The topological polar surface area (TPSA) is 85.9 Å². The number of alkyl halides is 3. The van der Waals surface area contributed by atoms with Crippen molar-refractivity contribution in [3.8, 4) is 5.82 Å². The van der Waals surface area contributed by atoms with Crippen LogP contribution in [0.3, 0.4) is 0 Å². The molecule has 0 radical (unpaired) electrons. The molecule has 4 rings (SSSR count). The molecule has 0 bridgehead atoms. The van der Waals surface area contributed by atoms with Crippen LogP contribution in [0.25, 0.3) is 16.7 Å². The molecule has 1 aromatic carbocycles. The first kappa shape index (κ1) is 21.8. The normalized spacial score (nSPS) is 12.4. The second kappa shape index (κ2) is 7.62. The summed E-state index contributed by atoms with van der Waals surface area (Å²) in [4.78, 5) is 3.91. The Balaban J connectivity index is 1.72. The van der Waals surface area contributed by atoms with E-state index in [2.05, 4.69) is 15.2 Å². The summed E-state index contributed by atoms with van der Waals surface area (Å²) in [7, 11) is -0.819. The van der Waals surface area contributed by atoms with Gasteiger partial charge in [-0.15, -0.1) is 0 Å². The molecule has 0 unspecified atom stereocenters. The number of halogens is 3. The van der Waals surface area contributed by atoms with Gasteiger partial charge in [-0.1, -0.05) is 19.1 Å². The summed E-state index contributed by atoms with van der Waals surface area (Å²) < 4.78 is 68.8. The van der Waals surface area contributed by atoms with Gasteiger partial charge in [-0.2, -0.15) is 23.4 Å². The Hall–Kier alpha value is -3.41. The van der Waals surface area contributed by atoms with Gasteiger partial charge in [-0.3, -0.25) is 8.99 Å². The van der Waals surface area contributed by atoms with Crippen molar-refractivity contribution in [1.82, 2.24) is 24.5 Å². The molecule has 0 aliphatic heterocycles. The van der Waals surface area contributed by atoms with E-state index in [-0.39, 0.29) is 10.7 Å². The van der Waals surface area contributed by atoms with E-state index in [1.807, 2.05) is 19.1 Å². The van der Waals surface area contributed by atoms with Crippen LogP contribution in [0.4, 0.5) is 18.9 Å². The molecule has 3 aromatic heterocycles. The van der Waals surface area contributed by atoms with Crippen molar-refractivity contribution in [3.63, 3.8) is 0 Å². The van der Waals surface area contributed by atoms with E-state index in [0.717, 1.165) is 28.0 Å². The Kier molecular flexibility index (Phi) is 5.19. The summed E-state index contributed by atoms with van der Waals surface area (Å²) in [5, 5.41) is 8.68. The zero-order chi connectivity index (χ0) is 23.3. The van der Waals surface area contributed by atoms with Gasteiger partial charge in [0.1, 0.15) is 4.90 Å². The lowest BCUT2D eigenvalue weighted by atomic mass is 10.1. The number of sulfonamides is 1. The molecule has 32 heavy (non-hydrogen) atoms. The molecule has 0 aliphatic carbocycles. The predicted molar refractivity (Wildman–Crippen MR) is 112 cm³/mol. The van der Waals surface area contributed by atoms with E-state index in [1.54, 1.807) is 17.9 Å². The fourth-order valence-electron chi connectivity index (χ4n) is 3.46. The highest BCUT2D eigenvalue weighted by atomic mass is 32.2. The van der Waals surface area contributed by atoms with Gasteiger partial charge in [-0.05, 0) is 24.1 Å². The maximum atomic E-state index is 13.3. The molecule has 12 heteroatoms. The average Bonchev–Trinajstić information content (AvgIpc) is 3.40. The second-order valence-electron chi connectivity index (χ2n) is 7.13. The van der Waals surface area contributed by atoms with Crippen LogP contribution < -0.4 is 4.31 Å². The van der Waals surface area contributed by atoms with Gasteiger partial charge in [-0.25, -0.2) is 18.1 Å². The lowest BCUT2D eigenvalue weighted by Gasteiger charge is -2.23. The molecule has 8 nitrogen and oxygen atoms in total. The number of hydrogen-bond acceptors (Lipinski definition) is 5. The zero-order valence-corrected chi connectivity index (χ0v) is 18.2. The molecule has 0 fully saturated rings. The quantitative estimate of drug-likeness (QED) is 0.451. The number of anilines is 1. The van der Waals surface area contributed by atoms with Gasteiger partial charge in [0.05, 0.1) is 29.2 Å². The monoisotopic (exact) mass is 464 g/mol. The summed E-state index contributed by atoms with van der Waals surface area (Å²) in [6, 6.07) is 6.35. The Morgan fingerprint density at radius 1 is 1.06 bits per heavy atom. The molecule has 0 atom stereocenters. The molecule has 3 heterocycles. The van der Waals surface area contributed by atoms with E-state index in [9.17, 15) is 21.6 Å². The molecule has 0 amide bonds. The van der Waals surface area contributed by atoms with E-state index < -0.39 is 21.8 Å². The van der Waals surface area contributed by atoms with Crippen LogP contribution in [0.2, 0.25) is 0 Å². The minimum absolute atomic E-state index is 0.0603. The Bertz CT molecular complexity index is 1390. The van der Waals surface area contributed by atoms with Crippen molar-refractivity contribution in [3.05, 3.63) is 60.2 Å². The standard InChI is InChI=1S/C20H19F3N6O2S/c1-4-13-5-6-14-9-25-27(2)18(14)19(13)28(3)32(30,31)16-7-8-17(24-11-16)29-12-15(10-26-29)20(21,22)23/h5-12H,4H2,1-3H3. The SMILES string of the molecule is CCc1ccc2cnn(C)c2c1N(C)S(=O)(=O)c1ccc(-n2cc(C(F)(F)F)cn2)nc1. The third kappa shape index (κ3) is 3.60. The van der Waals surface area contributed by atoms with Gasteiger partial charge < -0.3 is 0 Å². The van der Waals surface area contributed by atoms with Crippen LogP contribution in [-0.2, 0) is 29.7 Å². The lowest BCUT2D eigenvalue weighted by Crippen LogP contribution is -2.28. The van der Waals surface area contributed by atoms with Crippen molar-refractivity contribution in [2.45, 2.75) is 24.4 Å². The van der Waals surface area contributed by atoms with Crippen molar-refractivity contribution in [1.29, 1.82) is 0 Å². The van der Waals surface area contributed by atoms with Gasteiger partial charge in [0, 0.05) is 31.9 Å². The molecule has 0 saturated heterocycles. The average molecular weight is 464 g/mol. The molecule has 0 saturated carbocycles. The van der Waals surface area contributed by atoms with Crippen LogP contribution >= 0.6 is 0 Å². The van der Waals surface area contributed by atoms with Crippen LogP contribution in [0, 0.1) is 0 Å². The van der Waals surface area contributed by atoms with E-state index in [4.69, 9.17) is 0 Å². The molecule has 0 N–H and O–H groups in total. The first-order chi connectivity index (χ1) is 15.0. The number of aryl methyl sites for hydroxylation is 2. The number of aromatic nitrogens is 5. The third-order valence-electron chi connectivity index (χ3n) is 5.18. The fourth-order valence-corrected chi connectivity index (χ4v) is 4.64. The first-order valence-electron chi connectivity index (χ1n) is 9.55. The third-order valence-corrected chi connectivity index (χ3v) is 6.92. The number of rotatable bonds is 5. The Morgan fingerprint density at radius 2 is 1.81 bits per heavy atom. The van der Waals surface area contributed by atoms with Crippen molar-refractivity contribution in [2.75, 3.05) is 11.4 Å². The lowest BCUT2D eigenvalue weighted by molar-refractivity contribution is -0.137. The summed E-state index contributed by atoms with van der Waals surface area (Å²) in [6.45, 7) is 1.93. The summed E-state index contributed by atoms with van der Waals surface area (Å²) in [6.07, 6.45) is 0.308. The second-order valence-corrected chi connectivity index (χ2v) is 9.10. The molecular weight excluding hydrogens is 445 g/mol. The summed E-state index contributed by atoms with van der Waals surface area (Å²) >= 11 is 0. The number of fused-ring (bicyclic) bond motifs is 1. The van der Waals surface area contributed by atoms with Crippen LogP contribution in [0.5, 0.6) is 0 Å². The minimum Gasteiger partial charge on any atom is -0.267 e. The van der Waals surface area contributed by atoms with Crippen molar-refractivity contribution < 1.29 is 21.6 Å². The number of benzene rings is 1. The highest BCUT2D eigenvalue weighted by Crippen LogP contribution is 2.34. The van der Waals surface area contributed by atoms with Crippen LogP contribution in [0.15, 0.2) is 53.9 Å². The maximum Gasteiger partial charge on any atom is 0.419 e. The van der Waals surface area contributed by atoms with E-state index in [1.165, 1.54) is 23.5 Å². The summed E-state index contributed by atoms with van der Waals surface area (Å²) in [5.41, 5.74) is 1.09. The number of hydrogen-bond donors (Lipinski definition) is 0. The largest absolute Gasteiger partial charge is 0.419 e. The number of nitrogens with zero attached hydrogens (tertiary/aromatic N) is 6.